The summed E-state index contributed by atoms with van der Waals surface area (Å²) in [5, 5.41) is 0. The van der Waals surface area contributed by atoms with Gasteiger partial charge in [-0.25, -0.2) is 4.79 Å². The Morgan fingerprint density at radius 1 is 1.00 bits per heavy atom. The first-order chi connectivity index (χ1) is 12.8. The Balaban J connectivity index is 1.24. The number of hydrogen-bond donors (Lipinski definition) is 0. The van der Waals surface area contributed by atoms with Gasteiger partial charge in [0, 0.05) is 37.2 Å². The van der Waals surface area contributed by atoms with Crippen molar-refractivity contribution in [3.05, 3.63) is 24.5 Å². The Hall–Kier alpha value is -1.78. The molecule has 142 valence electrons. The van der Waals surface area contributed by atoms with Gasteiger partial charge in [0.25, 0.3) is 0 Å². The van der Waals surface area contributed by atoms with Crippen molar-refractivity contribution in [2.24, 2.45) is 5.92 Å². The van der Waals surface area contributed by atoms with Crippen LogP contribution in [0.1, 0.15) is 57.8 Å². The summed E-state index contributed by atoms with van der Waals surface area (Å²) in [7, 11) is 0. The highest BCUT2D eigenvalue weighted by atomic mass is 16.6. The summed E-state index contributed by atoms with van der Waals surface area (Å²) in [5.41, 5.74) is 1.23. The number of nitrogens with zero attached hydrogens (tertiary/aromatic N) is 3. The predicted molar refractivity (Wildman–Crippen MR) is 102 cm³/mol. The van der Waals surface area contributed by atoms with E-state index < -0.39 is 0 Å². The van der Waals surface area contributed by atoms with E-state index in [0.717, 1.165) is 44.8 Å². The molecule has 5 nitrogen and oxygen atoms in total. The van der Waals surface area contributed by atoms with Crippen LogP contribution >= 0.6 is 0 Å². The van der Waals surface area contributed by atoms with Crippen LogP contribution in [0, 0.1) is 5.92 Å². The maximum atomic E-state index is 12.4. The highest BCUT2D eigenvalue weighted by Crippen LogP contribution is 2.30. The first-order valence-electron chi connectivity index (χ1n) is 10.4. The van der Waals surface area contributed by atoms with Gasteiger partial charge in [0.15, 0.2) is 0 Å². The topological polar surface area (TPSA) is 45.7 Å². The lowest BCUT2D eigenvalue weighted by atomic mass is 9.85. The molecule has 0 N–H and O–H groups in total. The van der Waals surface area contributed by atoms with Gasteiger partial charge >= 0.3 is 6.09 Å². The van der Waals surface area contributed by atoms with Gasteiger partial charge in [0.1, 0.15) is 6.10 Å². The van der Waals surface area contributed by atoms with Crippen LogP contribution in [0.4, 0.5) is 10.5 Å². The molecule has 1 aromatic rings. The molecule has 1 amide bonds. The van der Waals surface area contributed by atoms with E-state index in [1.807, 2.05) is 17.3 Å². The molecule has 3 aliphatic rings. The first kappa shape index (κ1) is 17.6. The van der Waals surface area contributed by atoms with Gasteiger partial charge in [-0.2, -0.15) is 0 Å². The van der Waals surface area contributed by atoms with Crippen LogP contribution in [0.25, 0.3) is 0 Å². The van der Waals surface area contributed by atoms with E-state index in [1.54, 1.807) is 0 Å². The standard InChI is InChI=1S/C21H31N3O2/c25-21-24(16-20(26-21)7-6-17-4-2-1-3-5-17)19-10-14-23(15-11-19)18-8-12-22-13-9-18/h8-9,12-13,17,19-20H,1-7,10-11,14-16H2. The van der Waals surface area contributed by atoms with E-state index in [-0.39, 0.29) is 12.2 Å². The van der Waals surface area contributed by atoms with Gasteiger partial charge in [-0.1, -0.05) is 32.1 Å². The van der Waals surface area contributed by atoms with Crippen molar-refractivity contribution in [1.82, 2.24) is 9.88 Å². The molecular weight excluding hydrogens is 326 g/mol. The number of anilines is 1. The number of rotatable bonds is 5. The monoisotopic (exact) mass is 357 g/mol. The number of carbonyl (C=O) groups excluding carboxylic acids is 1. The average molecular weight is 357 g/mol. The number of amides is 1. The molecule has 3 heterocycles. The van der Waals surface area contributed by atoms with Crippen LogP contribution in [0.2, 0.25) is 0 Å². The molecule has 4 rings (SSSR count). The molecule has 26 heavy (non-hydrogen) atoms. The van der Waals surface area contributed by atoms with E-state index in [0.29, 0.717) is 6.04 Å². The highest BCUT2D eigenvalue weighted by Gasteiger charge is 2.37. The average Bonchev–Trinajstić information content (AvgIpc) is 3.09. The number of cyclic esters (lactones) is 1. The SMILES string of the molecule is O=C1OC(CCC2CCCCC2)CN1C1CCN(c2ccncc2)CC1. The Bertz CT molecular complexity index is 580. The van der Waals surface area contributed by atoms with Crippen molar-refractivity contribution in [2.45, 2.75) is 69.9 Å². The van der Waals surface area contributed by atoms with Crippen LogP contribution in [0.15, 0.2) is 24.5 Å². The van der Waals surface area contributed by atoms with Crippen LogP contribution < -0.4 is 4.90 Å². The lowest BCUT2D eigenvalue weighted by Crippen LogP contribution is -2.45. The fourth-order valence-corrected chi connectivity index (χ4v) is 4.88. The van der Waals surface area contributed by atoms with Crippen LogP contribution in [-0.4, -0.2) is 47.8 Å². The van der Waals surface area contributed by atoms with Crippen molar-refractivity contribution in [1.29, 1.82) is 0 Å². The first-order valence-corrected chi connectivity index (χ1v) is 10.4. The summed E-state index contributed by atoms with van der Waals surface area (Å²) in [6, 6.07) is 4.46. The Morgan fingerprint density at radius 3 is 2.46 bits per heavy atom. The van der Waals surface area contributed by atoms with Gasteiger partial charge in [-0.3, -0.25) is 4.98 Å². The van der Waals surface area contributed by atoms with Gasteiger partial charge in [-0.15, -0.1) is 0 Å². The van der Waals surface area contributed by atoms with Gasteiger partial charge in [0.05, 0.1) is 6.54 Å². The van der Waals surface area contributed by atoms with E-state index in [9.17, 15) is 4.79 Å². The third-order valence-electron chi connectivity index (χ3n) is 6.46. The summed E-state index contributed by atoms with van der Waals surface area (Å²) in [5.74, 6) is 0.861. The maximum Gasteiger partial charge on any atom is 0.410 e. The van der Waals surface area contributed by atoms with E-state index in [4.69, 9.17) is 4.74 Å². The van der Waals surface area contributed by atoms with Gasteiger partial charge < -0.3 is 14.5 Å². The third kappa shape index (κ3) is 4.13. The second-order valence-electron chi connectivity index (χ2n) is 8.16. The smallest absolute Gasteiger partial charge is 0.410 e. The fourth-order valence-electron chi connectivity index (χ4n) is 4.88. The molecule has 0 spiro atoms. The largest absolute Gasteiger partial charge is 0.444 e. The van der Waals surface area contributed by atoms with E-state index in [2.05, 4.69) is 22.0 Å². The van der Waals surface area contributed by atoms with Crippen molar-refractivity contribution in [2.75, 3.05) is 24.5 Å². The molecule has 0 bridgehead atoms. The van der Waals surface area contributed by atoms with Crippen LogP contribution in [0.5, 0.6) is 0 Å². The molecule has 2 saturated heterocycles. The summed E-state index contributed by atoms with van der Waals surface area (Å²) < 4.78 is 5.69. The van der Waals surface area contributed by atoms with Crippen molar-refractivity contribution >= 4 is 11.8 Å². The van der Waals surface area contributed by atoms with Gasteiger partial charge in [-0.05, 0) is 43.7 Å². The normalized spacial score (nSPS) is 25.5. The quantitative estimate of drug-likeness (QED) is 0.791. The minimum absolute atomic E-state index is 0.0824. The van der Waals surface area contributed by atoms with Crippen molar-refractivity contribution in [3.8, 4) is 0 Å². The number of ether oxygens (including phenoxy) is 1. The minimum atomic E-state index is -0.0824. The number of aromatic nitrogens is 1. The zero-order chi connectivity index (χ0) is 17.8. The molecule has 2 aliphatic heterocycles. The molecule has 1 atom stereocenters. The molecule has 5 heteroatoms. The molecule has 1 saturated carbocycles. The molecule has 1 unspecified atom stereocenters. The summed E-state index contributed by atoms with van der Waals surface area (Å²) in [6.07, 6.45) is 15.0. The molecule has 1 aliphatic carbocycles. The lowest BCUT2D eigenvalue weighted by Gasteiger charge is -2.36. The summed E-state index contributed by atoms with van der Waals surface area (Å²) in [4.78, 5) is 20.9. The molecular formula is C21H31N3O2. The van der Waals surface area contributed by atoms with E-state index in [1.165, 1.54) is 44.2 Å². The zero-order valence-corrected chi connectivity index (χ0v) is 15.7. The zero-order valence-electron chi connectivity index (χ0n) is 15.7. The van der Waals surface area contributed by atoms with Crippen molar-refractivity contribution < 1.29 is 9.53 Å². The van der Waals surface area contributed by atoms with Crippen LogP contribution in [0.3, 0.4) is 0 Å². The fraction of sp³-hybridized carbons (Fsp3) is 0.714. The molecule has 0 radical (unpaired) electrons. The predicted octanol–water partition coefficient (Wildman–Crippen LogP) is 4.23. The minimum Gasteiger partial charge on any atom is -0.444 e. The van der Waals surface area contributed by atoms with E-state index >= 15 is 0 Å². The number of hydrogen-bond acceptors (Lipinski definition) is 4. The second kappa shape index (κ2) is 8.28. The molecule has 1 aromatic heterocycles. The third-order valence-corrected chi connectivity index (χ3v) is 6.46. The maximum absolute atomic E-state index is 12.4. The van der Waals surface area contributed by atoms with Crippen molar-refractivity contribution in [3.63, 3.8) is 0 Å². The number of pyridine rings is 1. The lowest BCUT2D eigenvalue weighted by molar-refractivity contribution is 0.118. The highest BCUT2D eigenvalue weighted by molar-refractivity contribution is 5.70. The summed E-state index contributed by atoms with van der Waals surface area (Å²) in [6.45, 7) is 2.78. The second-order valence-corrected chi connectivity index (χ2v) is 8.16. The number of piperidine rings is 1. The van der Waals surface area contributed by atoms with Crippen LogP contribution in [-0.2, 0) is 4.74 Å². The molecule has 3 fully saturated rings. The summed E-state index contributed by atoms with van der Waals surface area (Å²) >= 11 is 0. The Morgan fingerprint density at radius 2 is 1.73 bits per heavy atom. The Kier molecular flexibility index (Phi) is 5.61. The Labute approximate surface area is 156 Å². The number of carbonyl (C=O) groups is 1. The van der Waals surface area contributed by atoms with Gasteiger partial charge in [0.2, 0.25) is 0 Å². The molecule has 0 aromatic carbocycles.